The summed E-state index contributed by atoms with van der Waals surface area (Å²) in [7, 11) is 0. The molecule has 0 aliphatic heterocycles. The van der Waals surface area contributed by atoms with E-state index in [0.717, 1.165) is 16.8 Å². The molecular formula is C15H18N4O2. The van der Waals surface area contributed by atoms with Crippen LogP contribution in [0.15, 0.2) is 30.3 Å². The molecule has 0 unspecified atom stereocenters. The molecule has 0 atom stereocenters. The zero-order valence-corrected chi connectivity index (χ0v) is 12.3. The molecule has 6 heteroatoms. The van der Waals surface area contributed by atoms with Crippen molar-refractivity contribution in [3.8, 4) is 0 Å². The summed E-state index contributed by atoms with van der Waals surface area (Å²) < 4.78 is 0. The lowest BCUT2D eigenvalue weighted by Crippen LogP contribution is -2.03. The standard InChI is InChI=1S/C15H18N4O2/c1-4-16-14-8-13(19(20)21)9-15(18-14)17-12-6-10(2)5-11(3)7-12/h5-9H,4H2,1-3H3,(H2,16,17,18). The molecule has 0 saturated heterocycles. The number of hydrogen-bond acceptors (Lipinski definition) is 5. The van der Waals surface area contributed by atoms with Crippen LogP contribution in [0, 0.1) is 24.0 Å². The number of benzene rings is 1. The number of hydrogen-bond donors (Lipinski definition) is 2. The van der Waals surface area contributed by atoms with Crippen LogP contribution < -0.4 is 10.6 Å². The number of anilines is 3. The summed E-state index contributed by atoms with van der Waals surface area (Å²) in [5.41, 5.74) is 3.11. The van der Waals surface area contributed by atoms with Crippen LogP contribution >= 0.6 is 0 Å². The van der Waals surface area contributed by atoms with E-state index >= 15 is 0 Å². The molecule has 0 amide bonds. The van der Waals surface area contributed by atoms with E-state index in [-0.39, 0.29) is 5.69 Å². The van der Waals surface area contributed by atoms with Crippen molar-refractivity contribution < 1.29 is 4.92 Å². The van der Waals surface area contributed by atoms with Crippen LogP contribution in [-0.4, -0.2) is 16.5 Å². The number of nitro groups is 1. The van der Waals surface area contributed by atoms with E-state index in [1.165, 1.54) is 12.1 Å². The van der Waals surface area contributed by atoms with Crippen molar-refractivity contribution in [3.05, 3.63) is 51.6 Å². The molecule has 110 valence electrons. The minimum Gasteiger partial charge on any atom is -0.370 e. The van der Waals surface area contributed by atoms with Crippen molar-refractivity contribution in [2.24, 2.45) is 0 Å². The minimum absolute atomic E-state index is 0.00725. The molecule has 6 nitrogen and oxygen atoms in total. The summed E-state index contributed by atoms with van der Waals surface area (Å²) in [6.07, 6.45) is 0. The predicted molar refractivity (Wildman–Crippen MR) is 84.3 cm³/mol. The maximum atomic E-state index is 11.0. The summed E-state index contributed by atoms with van der Waals surface area (Å²) in [6, 6.07) is 8.87. The van der Waals surface area contributed by atoms with Gasteiger partial charge in [0.25, 0.3) is 5.69 Å². The number of aryl methyl sites for hydroxylation is 2. The Balaban J connectivity index is 2.35. The second-order valence-electron chi connectivity index (χ2n) is 4.88. The molecule has 0 spiro atoms. The summed E-state index contributed by atoms with van der Waals surface area (Å²) in [5.74, 6) is 0.934. The number of rotatable bonds is 5. The van der Waals surface area contributed by atoms with Gasteiger partial charge in [0.2, 0.25) is 0 Å². The van der Waals surface area contributed by atoms with Crippen LogP contribution in [0.25, 0.3) is 0 Å². The zero-order chi connectivity index (χ0) is 15.4. The fraction of sp³-hybridized carbons (Fsp3) is 0.267. The Bertz CT molecular complexity index is 650. The summed E-state index contributed by atoms with van der Waals surface area (Å²) in [4.78, 5) is 14.9. The van der Waals surface area contributed by atoms with Crippen LogP contribution in [0.5, 0.6) is 0 Å². The summed E-state index contributed by atoms with van der Waals surface area (Å²) >= 11 is 0. The Morgan fingerprint density at radius 2 is 1.71 bits per heavy atom. The van der Waals surface area contributed by atoms with E-state index < -0.39 is 4.92 Å². The van der Waals surface area contributed by atoms with Crippen LogP contribution in [0.4, 0.5) is 23.0 Å². The summed E-state index contributed by atoms with van der Waals surface area (Å²) in [6.45, 7) is 6.57. The predicted octanol–water partition coefficient (Wildman–Crippen LogP) is 3.78. The van der Waals surface area contributed by atoms with Crippen LogP contribution in [0.3, 0.4) is 0 Å². The first-order valence-corrected chi connectivity index (χ1v) is 6.73. The lowest BCUT2D eigenvalue weighted by molar-refractivity contribution is -0.384. The van der Waals surface area contributed by atoms with Crippen molar-refractivity contribution in [1.82, 2.24) is 4.98 Å². The van der Waals surface area contributed by atoms with E-state index in [4.69, 9.17) is 0 Å². The average Bonchev–Trinajstić information content (AvgIpc) is 2.37. The lowest BCUT2D eigenvalue weighted by Gasteiger charge is -2.10. The van der Waals surface area contributed by atoms with Gasteiger partial charge in [0.1, 0.15) is 11.6 Å². The van der Waals surface area contributed by atoms with E-state index in [9.17, 15) is 10.1 Å². The van der Waals surface area contributed by atoms with Crippen molar-refractivity contribution in [2.75, 3.05) is 17.2 Å². The molecule has 2 rings (SSSR count). The van der Waals surface area contributed by atoms with Crippen molar-refractivity contribution in [3.63, 3.8) is 0 Å². The number of nitrogens with one attached hydrogen (secondary N) is 2. The molecule has 1 aromatic carbocycles. The molecule has 0 saturated carbocycles. The molecule has 0 radical (unpaired) electrons. The van der Waals surface area contributed by atoms with Gasteiger partial charge in [-0.05, 0) is 44.0 Å². The minimum atomic E-state index is -0.421. The zero-order valence-electron chi connectivity index (χ0n) is 12.3. The van der Waals surface area contributed by atoms with E-state index in [2.05, 4.69) is 21.7 Å². The van der Waals surface area contributed by atoms with Crippen LogP contribution in [-0.2, 0) is 0 Å². The normalized spacial score (nSPS) is 10.2. The molecular weight excluding hydrogens is 268 g/mol. The first kappa shape index (κ1) is 14.8. The first-order valence-electron chi connectivity index (χ1n) is 6.73. The van der Waals surface area contributed by atoms with Crippen LogP contribution in [0.1, 0.15) is 18.1 Å². The highest BCUT2D eigenvalue weighted by Gasteiger charge is 2.11. The highest BCUT2D eigenvalue weighted by Crippen LogP contribution is 2.24. The van der Waals surface area contributed by atoms with Gasteiger partial charge < -0.3 is 10.6 Å². The molecule has 21 heavy (non-hydrogen) atoms. The lowest BCUT2D eigenvalue weighted by atomic mass is 10.1. The molecule has 0 bridgehead atoms. The van der Waals surface area contributed by atoms with Crippen molar-refractivity contribution in [2.45, 2.75) is 20.8 Å². The molecule has 0 aliphatic rings. The maximum Gasteiger partial charge on any atom is 0.276 e. The highest BCUT2D eigenvalue weighted by atomic mass is 16.6. The van der Waals surface area contributed by atoms with Crippen LogP contribution in [0.2, 0.25) is 0 Å². The molecule has 0 fully saturated rings. The van der Waals surface area contributed by atoms with Gasteiger partial charge in [-0.3, -0.25) is 10.1 Å². The third-order valence-corrected chi connectivity index (χ3v) is 2.87. The molecule has 2 aromatic rings. The Morgan fingerprint density at radius 3 is 2.29 bits per heavy atom. The first-order chi connectivity index (χ1) is 9.97. The van der Waals surface area contributed by atoms with Gasteiger partial charge in [0.05, 0.1) is 17.1 Å². The largest absolute Gasteiger partial charge is 0.370 e. The number of aromatic nitrogens is 1. The van der Waals surface area contributed by atoms with E-state index in [1.54, 1.807) is 0 Å². The van der Waals surface area contributed by atoms with Gasteiger partial charge in [-0.25, -0.2) is 4.98 Å². The Kier molecular flexibility index (Phi) is 4.37. The highest BCUT2D eigenvalue weighted by molar-refractivity contribution is 5.63. The van der Waals surface area contributed by atoms with Gasteiger partial charge in [0.15, 0.2) is 0 Å². The van der Waals surface area contributed by atoms with Gasteiger partial charge in [0, 0.05) is 12.2 Å². The average molecular weight is 286 g/mol. The second kappa shape index (κ2) is 6.21. The fourth-order valence-corrected chi connectivity index (χ4v) is 2.15. The SMILES string of the molecule is CCNc1cc([N+](=O)[O-])cc(Nc2cc(C)cc(C)c2)n1. The number of nitrogens with zero attached hydrogens (tertiary/aromatic N) is 2. The fourth-order valence-electron chi connectivity index (χ4n) is 2.15. The van der Waals surface area contributed by atoms with Crippen molar-refractivity contribution in [1.29, 1.82) is 0 Å². The Hall–Kier alpha value is -2.63. The van der Waals surface area contributed by atoms with Gasteiger partial charge >= 0.3 is 0 Å². The molecule has 2 N–H and O–H groups in total. The van der Waals surface area contributed by atoms with Gasteiger partial charge in [-0.2, -0.15) is 0 Å². The van der Waals surface area contributed by atoms with Crippen molar-refractivity contribution >= 4 is 23.0 Å². The quantitative estimate of drug-likeness (QED) is 0.645. The number of pyridine rings is 1. The van der Waals surface area contributed by atoms with E-state index in [0.29, 0.717) is 18.2 Å². The molecule has 1 aromatic heterocycles. The third-order valence-electron chi connectivity index (χ3n) is 2.87. The maximum absolute atomic E-state index is 11.0. The monoisotopic (exact) mass is 286 g/mol. The molecule has 1 heterocycles. The smallest absolute Gasteiger partial charge is 0.276 e. The van der Waals surface area contributed by atoms with Gasteiger partial charge in [-0.15, -0.1) is 0 Å². The topological polar surface area (TPSA) is 80.1 Å². The van der Waals surface area contributed by atoms with Gasteiger partial charge in [-0.1, -0.05) is 6.07 Å². The third kappa shape index (κ3) is 3.92. The Labute approximate surface area is 123 Å². The molecule has 0 aliphatic carbocycles. The Morgan fingerprint density at radius 1 is 1.10 bits per heavy atom. The summed E-state index contributed by atoms with van der Waals surface area (Å²) in [5, 5.41) is 17.1. The second-order valence-corrected chi connectivity index (χ2v) is 4.88. The van der Waals surface area contributed by atoms with E-state index in [1.807, 2.05) is 32.9 Å².